The van der Waals surface area contributed by atoms with Gasteiger partial charge in [-0.15, -0.1) is 0 Å². The van der Waals surface area contributed by atoms with Crippen LogP contribution in [0.1, 0.15) is 12.1 Å². The molecule has 0 saturated heterocycles. The standard InChI is InChI=1S/C7H8BrF2N3O/c1-13(2)7-11-4(5(9)10)3(8)6(14)12-7/h5H,1-2H3,(H,11,12,14). The second-order valence-electron chi connectivity index (χ2n) is 2.78. The lowest BCUT2D eigenvalue weighted by Crippen LogP contribution is -2.21. The van der Waals surface area contributed by atoms with E-state index in [1.54, 1.807) is 14.1 Å². The number of alkyl halides is 2. The summed E-state index contributed by atoms with van der Waals surface area (Å²) in [7, 11) is 3.20. The van der Waals surface area contributed by atoms with Crippen molar-refractivity contribution < 1.29 is 8.78 Å². The number of hydrogen-bond donors (Lipinski definition) is 1. The molecule has 0 aromatic carbocycles. The van der Waals surface area contributed by atoms with Gasteiger partial charge in [-0.2, -0.15) is 0 Å². The van der Waals surface area contributed by atoms with Crippen molar-refractivity contribution in [2.75, 3.05) is 19.0 Å². The molecule has 1 N–H and O–H groups in total. The minimum absolute atomic E-state index is 0.105. The maximum absolute atomic E-state index is 12.4. The van der Waals surface area contributed by atoms with Gasteiger partial charge in [-0.1, -0.05) is 0 Å². The van der Waals surface area contributed by atoms with E-state index in [1.165, 1.54) is 4.90 Å². The van der Waals surface area contributed by atoms with Crippen LogP contribution in [-0.2, 0) is 0 Å². The number of anilines is 1. The Hall–Kier alpha value is -0.980. The van der Waals surface area contributed by atoms with Crippen LogP contribution in [0.25, 0.3) is 0 Å². The third-order valence-corrected chi connectivity index (χ3v) is 2.27. The first-order valence-electron chi connectivity index (χ1n) is 3.68. The van der Waals surface area contributed by atoms with Gasteiger partial charge in [-0.3, -0.25) is 9.78 Å². The van der Waals surface area contributed by atoms with Gasteiger partial charge in [0.25, 0.3) is 12.0 Å². The number of halogens is 3. The highest BCUT2D eigenvalue weighted by atomic mass is 79.9. The van der Waals surface area contributed by atoms with E-state index in [0.717, 1.165) is 0 Å². The molecule has 0 fully saturated rings. The number of H-pyrrole nitrogens is 1. The lowest BCUT2D eigenvalue weighted by atomic mass is 10.4. The Kier molecular flexibility index (Phi) is 3.20. The summed E-state index contributed by atoms with van der Waals surface area (Å²) < 4.78 is 24.6. The molecule has 0 spiro atoms. The van der Waals surface area contributed by atoms with E-state index < -0.39 is 17.7 Å². The van der Waals surface area contributed by atoms with Gasteiger partial charge >= 0.3 is 0 Å². The highest BCUT2D eigenvalue weighted by molar-refractivity contribution is 9.10. The smallest absolute Gasteiger partial charge is 0.281 e. The number of aromatic amines is 1. The predicted octanol–water partition coefficient (Wildman–Crippen LogP) is 1.54. The first-order valence-corrected chi connectivity index (χ1v) is 4.48. The fourth-order valence-electron chi connectivity index (χ4n) is 0.820. The Balaban J connectivity index is 3.36. The van der Waals surface area contributed by atoms with Gasteiger partial charge in [0.1, 0.15) is 10.2 Å². The van der Waals surface area contributed by atoms with Crippen molar-refractivity contribution in [2.45, 2.75) is 6.43 Å². The zero-order valence-corrected chi connectivity index (χ0v) is 9.10. The summed E-state index contributed by atoms with van der Waals surface area (Å²) in [4.78, 5) is 18.6. The third-order valence-electron chi connectivity index (χ3n) is 1.51. The van der Waals surface area contributed by atoms with Gasteiger partial charge < -0.3 is 4.90 Å². The largest absolute Gasteiger partial charge is 0.348 e. The average Bonchev–Trinajstić information content (AvgIpc) is 2.08. The fraction of sp³-hybridized carbons (Fsp3) is 0.429. The summed E-state index contributed by atoms with van der Waals surface area (Å²) in [5.41, 5.74) is -1.16. The van der Waals surface area contributed by atoms with Crippen LogP contribution in [0.4, 0.5) is 14.7 Å². The van der Waals surface area contributed by atoms with Crippen molar-refractivity contribution in [3.63, 3.8) is 0 Å². The maximum Gasteiger partial charge on any atom is 0.281 e. The minimum Gasteiger partial charge on any atom is -0.348 e. The van der Waals surface area contributed by atoms with Gasteiger partial charge in [0, 0.05) is 14.1 Å². The number of rotatable bonds is 2. The van der Waals surface area contributed by atoms with E-state index in [9.17, 15) is 13.6 Å². The van der Waals surface area contributed by atoms with Crippen LogP contribution in [0.5, 0.6) is 0 Å². The van der Waals surface area contributed by atoms with Crippen molar-refractivity contribution in [1.82, 2.24) is 9.97 Å². The van der Waals surface area contributed by atoms with E-state index in [4.69, 9.17) is 0 Å². The molecule has 4 nitrogen and oxygen atoms in total. The van der Waals surface area contributed by atoms with Gasteiger partial charge in [0.15, 0.2) is 0 Å². The van der Waals surface area contributed by atoms with Crippen molar-refractivity contribution in [3.05, 3.63) is 20.5 Å². The lowest BCUT2D eigenvalue weighted by Gasteiger charge is -2.12. The molecule has 0 bridgehead atoms. The first kappa shape index (κ1) is 11.1. The SMILES string of the molecule is CN(C)c1nc(C(F)F)c(Br)c(=O)[nH]1. The average molecular weight is 268 g/mol. The van der Waals surface area contributed by atoms with Gasteiger partial charge in [0.05, 0.1) is 0 Å². The fourth-order valence-corrected chi connectivity index (χ4v) is 1.18. The molecule has 78 valence electrons. The molecular formula is C7H8BrF2N3O. The Bertz CT molecular complexity index is 391. The second kappa shape index (κ2) is 4.04. The summed E-state index contributed by atoms with van der Waals surface area (Å²) in [6.45, 7) is 0. The second-order valence-corrected chi connectivity index (χ2v) is 3.58. The molecule has 1 aromatic rings. The Morgan fingerprint density at radius 3 is 2.50 bits per heavy atom. The quantitative estimate of drug-likeness (QED) is 0.885. The van der Waals surface area contributed by atoms with Crippen LogP contribution >= 0.6 is 15.9 Å². The molecule has 0 aliphatic rings. The molecule has 0 aliphatic heterocycles. The number of hydrogen-bond acceptors (Lipinski definition) is 3. The summed E-state index contributed by atoms with van der Waals surface area (Å²) in [6.07, 6.45) is -2.77. The molecule has 1 heterocycles. The zero-order valence-electron chi connectivity index (χ0n) is 7.51. The van der Waals surface area contributed by atoms with Gasteiger partial charge in [-0.05, 0) is 15.9 Å². The Labute approximate surface area is 87.1 Å². The summed E-state index contributed by atoms with van der Waals surface area (Å²) in [5.74, 6) is 0.105. The molecule has 0 amide bonds. The Morgan fingerprint density at radius 2 is 2.07 bits per heavy atom. The third kappa shape index (κ3) is 2.09. The van der Waals surface area contributed by atoms with Gasteiger partial charge in [0.2, 0.25) is 5.95 Å². The van der Waals surface area contributed by atoms with Crippen LogP contribution in [-0.4, -0.2) is 24.1 Å². The highest BCUT2D eigenvalue weighted by Gasteiger charge is 2.18. The van der Waals surface area contributed by atoms with Crippen molar-refractivity contribution in [2.24, 2.45) is 0 Å². The lowest BCUT2D eigenvalue weighted by molar-refractivity contribution is 0.145. The molecule has 1 aromatic heterocycles. The van der Waals surface area contributed by atoms with E-state index in [2.05, 4.69) is 25.9 Å². The van der Waals surface area contributed by atoms with Crippen molar-refractivity contribution in [3.8, 4) is 0 Å². The molecular weight excluding hydrogens is 260 g/mol. The number of nitrogens with zero attached hydrogens (tertiary/aromatic N) is 2. The van der Waals surface area contributed by atoms with Crippen LogP contribution in [0.2, 0.25) is 0 Å². The molecule has 1 rings (SSSR count). The van der Waals surface area contributed by atoms with E-state index in [0.29, 0.717) is 0 Å². The topological polar surface area (TPSA) is 49.0 Å². The molecule has 7 heteroatoms. The first-order chi connectivity index (χ1) is 6.43. The highest BCUT2D eigenvalue weighted by Crippen LogP contribution is 2.23. The molecule has 0 radical (unpaired) electrons. The molecule has 0 saturated carbocycles. The summed E-state index contributed by atoms with van der Waals surface area (Å²) in [6, 6.07) is 0. The predicted molar refractivity (Wildman–Crippen MR) is 51.8 cm³/mol. The van der Waals surface area contributed by atoms with Crippen molar-refractivity contribution in [1.29, 1.82) is 0 Å². The molecule has 14 heavy (non-hydrogen) atoms. The monoisotopic (exact) mass is 267 g/mol. The molecule has 0 unspecified atom stereocenters. The van der Waals surface area contributed by atoms with Crippen LogP contribution in [0, 0.1) is 0 Å². The number of nitrogens with one attached hydrogen (secondary N) is 1. The summed E-state index contributed by atoms with van der Waals surface area (Å²) in [5, 5.41) is 0. The molecule has 0 aliphatic carbocycles. The van der Waals surface area contributed by atoms with Crippen LogP contribution in [0.3, 0.4) is 0 Å². The maximum atomic E-state index is 12.4. The van der Waals surface area contributed by atoms with E-state index in [1.807, 2.05) is 0 Å². The zero-order chi connectivity index (χ0) is 10.9. The van der Waals surface area contributed by atoms with Crippen LogP contribution < -0.4 is 10.5 Å². The normalized spacial score (nSPS) is 10.7. The minimum atomic E-state index is -2.77. The van der Waals surface area contributed by atoms with Crippen LogP contribution in [0.15, 0.2) is 9.27 Å². The van der Waals surface area contributed by atoms with E-state index >= 15 is 0 Å². The van der Waals surface area contributed by atoms with Gasteiger partial charge in [-0.25, -0.2) is 13.8 Å². The van der Waals surface area contributed by atoms with Crippen molar-refractivity contribution >= 4 is 21.9 Å². The number of aromatic nitrogens is 2. The van der Waals surface area contributed by atoms with E-state index in [-0.39, 0.29) is 10.4 Å². The summed E-state index contributed by atoms with van der Waals surface area (Å²) >= 11 is 2.76. The Morgan fingerprint density at radius 1 is 1.50 bits per heavy atom. The molecule has 0 atom stereocenters.